The van der Waals surface area contributed by atoms with E-state index >= 15 is 0 Å². The van der Waals surface area contributed by atoms with E-state index in [2.05, 4.69) is 18.7 Å². The van der Waals surface area contributed by atoms with Crippen molar-refractivity contribution in [3.63, 3.8) is 0 Å². The molecule has 1 aromatic rings. The van der Waals surface area contributed by atoms with Gasteiger partial charge in [-0.3, -0.25) is 0 Å². The van der Waals surface area contributed by atoms with Crippen LogP contribution in [0.4, 0.5) is 0 Å². The van der Waals surface area contributed by atoms with Crippen LogP contribution in [0.15, 0.2) is 23.1 Å². The van der Waals surface area contributed by atoms with Crippen LogP contribution in [0.25, 0.3) is 0 Å². The molecular formula is C19H32N2O4S. The van der Waals surface area contributed by atoms with E-state index in [1.165, 1.54) is 0 Å². The van der Waals surface area contributed by atoms with Crippen LogP contribution in [0.3, 0.4) is 0 Å². The van der Waals surface area contributed by atoms with Crippen molar-refractivity contribution in [1.29, 1.82) is 0 Å². The molecule has 0 saturated heterocycles. The van der Waals surface area contributed by atoms with E-state index in [1.54, 1.807) is 22.5 Å². The maximum Gasteiger partial charge on any atom is 0.243 e. The Kier molecular flexibility index (Phi) is 7.73. The highest BCUT2D eigenvalue weighted by Gasteiger charge is 2.27. The molecule has 0 aromatic heterocycles. The Balaban J connectivity index is 2.26. The van der Waals surface area contributed by atoms with E-state index in [-0.39, 0.29) is 10.8 Å². The quantitative estimate of drug-likeness (QED) is 0.655. The molecule has 1 aromatic carbocycles. The van der Waals surface area contributed by atoms with Gasteiger partial charge in [0.05, 0.1) is 18.1 Å². The maximum absolute atomic E-state index is 13.2. The zero-order valence-corrected chi connectivity index (χ0v) is 17.2. The van der Waals surface area contributed by atoms with Gasteiger partial charge in [0.15, 0.2) is 11.5 Å². The first-order valence-corrected chi connectivity index (χ1v) is 10.9. The molecule has 0 aliphatic carbocycles. The van der Waals surface area contributed by atoms with Crippen LogP contribution in [0, 0.1) is 5.92 Å². The highest BCUT2D eigenvalue weighted by atomic mass is 32.2. The summed E-state index contributed by atoms with van der Waals surface area (Å²) in [6.45, 7) is 12.9. The standard InChI is InChI=1S/C19H32N2O4S/c1-5-20(6-2)10-11-21(15-16(3)4)26(22,23)17-8-9-18-19(14-17)25-13-7-12-24-18/h8-9,14,16H,5-7,10-13,15H2,1-4H3. The molecule has 0 amide bonds. The molecule has 1 aliphatic rings. The smallest absolute Gasteiger partial charge is 0.243 e. The first-order valence-electron chi connectivity index (χ1n) is 9.50. The van der Waals surface area contributed by atoms with Gasteiger partial charge in [-0.05, 0) is 31.1 Å². The molecule has 1 heterocycles. The second-order valence-electron chi connectivity index (χ2n) is 6.94. The third-order valence-corrected chi connectivity index (χ3v) is 6.35. The van der Waals surface area contributed by atoms with Gasteiger partial charge < -0.3 is 14.4 Å². The Labute approximate surface area is 158 Å². The number of ether oxygens (including phenoxy) is 2. The van der Waals surface area contributed by atoms with Gasteiger partial charge in [-0.25, -0.2) is 8.42 Å². The van der Waals surface area contributed by atoms with Crippen LogP contribution < -0.4 is 9.47 Å². The van der Waals surface area contributed by atoms with Gasteiger partial charge in [-0.15, -0.1) is 0 Å². The molecule has 0 N–H and O–H groups in total. The molecule has 26 heavy (non-hydrogen) atoms. The van der Waals surface area contributed by atoms with E-state index in [9.17, 15) is 8.42 Å². The van der Waals surface area contributed by atoms with Crippen LogP contribution in [0.2, 0.25) is 0 Å². The van der Waals surface area contributed by atoms with E-state index in [4.69, 9.17) is 9.47 Å². The molecule has 0 bridgehead atoms. The predicted octanol–water partition coefficient (Wildman–Crippen LogP) is 2.84. The Hall–Kier alpha value is -1.31. The van der Waals surface area contributed by atoms with Crippen LogP contribution in [-0.4, -0.2) is 63.6 Å². The van der Waals surface area contributed by atoms with Gasteiger partial charge in [0, 0.05) is 32.1 Å². The fourth-order valence-electron chi connectivity index (χ4n) is 2.96. The van der Waals surface area contributed by atoms with Gasteiger partial charge in [-0.1, -0.05) is 27.7 Å². The van der Waals surface area contributed by atoms with E-state index in [0.29, 0.717) is 37.8 Å². The summed E-state index contributed by atoms with van der Waals surface area (Å²) in [5.74, 6) is 1.37. The van der Waals surface area contributed by atoms with Gasteiger partial charge in [0.25, 0.3) is 0 Å². The lowest BCUT2D eigenvalue weighted by atomic mass is 10.2. The highest BCUT2D eigenvalue weighted by molar-refractivity contribution is 7.89. The minimum Gasteiger partial charge on any atom is -0.490 e. The number of benzene rings is 1. The van der Waals surface area contributed by atoms with Crippen molar-refractivity contribution in [2.75, 3.05) is 45.9 Å². The summed E-state index contributed by atoms with van der Waals surface area (Å²) in [6.07, 6.45) is 0.792. The maximum atomic E-state index is 13.2. The van der Waals surface area contributed by atoms with Crippen molar-refractivity contribution >= 4 is 10.0 Å². The third-order valence-electron chi connectivity index (χ3n) is 4.49. The van der Waals surface area contributed by atoms with E-state index < -0.39 is 10.0 Å². The topological polar surface area (TPSA) is 59.1 Å². The van der Waals surface area contributed by atoms with Gasteiger partial charge in [0.2, 0.25) is 10.0 Å². The molecule has 148 valence electrons. The Morgan fingerprint density at radius 3 is 2.31 bits per heavy atom. The fraction of sp³-hybridized carbons (Fsp3) is 0.684. The number of hydrogen-bond acceptors (Lipinski definition) is 5. The number of hydrogen-bond donors (Lipinski definition) is 0. The van der Waals surface area contributed by atoms with Crippen LogP contribution in [0.1, 0.15) is 34.1 Å². The minimum atomic E-state index is -3.58. The van der Waals surface area contributed by atoms with Crippen LogP contribution >= 0.6 is 0 Å². The average Bonchev–Trinajstić information content (AvgIpc) is 2.85. The lowest BCUT2D eigenvalue weighted by Gasteiger charge is -2.27. The second kappa shape index (κ2) is 9.58. The zero-order valence-electron chi connectivity index (χ0n) is 16.4. The van der Waals surface area contributed by atoms with Crippen molar-refractivity contribution in [1.82, 2.24) is 9.21 Å². The summed E-state index contributed by atoms with van der Waals surface area (Å²) >= 11 is 0. The molecular weight excluding hydrogens is 352 g/mol. The second-order valence-corrected chi connectivity index (χ2v) is 8.88. The normalized spacial score (nSPS) is 14.9. The fourth-order valence-corrected chi connectivity index (χ4v) is 4.57. The van der Waals surface area contributed by atoms with Crippen LogP contribution in [0.5, 0.6) is 11.5 Å². The van der Waals surface area contributed by atoms with Crippen molar-refractivity contribution in [3.8, 4) is 11.5 Å². The molecule has 0 spiro atoms. The lowest BCUT2D eigenvalue weighted by molar-refractivity contribution is 0.262. The zero-order chi connectivity index (χ0) is 19.2. The number of nitrogens with zero attached hydrogens (tertiary/aromatic N) is 2. The SMILES string of the molecule is CCN(CC)CCN(CC(C)C)S(=O)(=O)c1ccc2c(c1)OCCCO2. The first kappa shape index (κ1) is 21.0. The number of fused-ring (bicyclic) bond motifs is 1. The van der Waals surface area contributed by atoms with Gasteiger partial charge in [0.1, 0.15) is 0 Å². The third kappa shape index (κ3) is 5.34. The molecule has 7 heteroatoms. The van der Waals surface area contributed by atoms with Crippen molar-refractivity contribution in [3.05, 3.63) is 18.2 Å². The Morgan fingerprint density at radius 2 is 1.69 bits per heavy atom. The molecule has 2 rings (SSSR count). The predicted molar refractivity (Wildman–Crippen MR) is 103 cm³/mol. The monoisotopic (exact) mass is 384 g/mol. The van der Waals surface area contributed by atoms with Crippen molar-refractivity contribution in [2.45, 2.75) is 39.0 Å². The number of likely N-dealkylation sites (N-methyl/N-ethyl adjacent to an activating group) is 1. The van der Waals surface area contributed by atoms with Gasteiger partial charge >= 0.3 is 0 Å². The summed E-state index contributed by atoms with van der Waals surface area (Å²) < 4.78 is 39.3. The first-order chi connectivity index (χ1) is 12.4. The summed E-state index contributed by atoms with van der Waals surface area (Å²) in [7, 11) is -3.58. The minimum absolute atomic E-state index is 0.252. The molecule has 0 saturated carbocycles. The Morgan fingerprint density at radius 1 is 1.04 bits per heavy atom. The van der Waals surface area contributed by atoms with E-state index in [1.807, 2.05) is 13.8 Å². The summed E-state index contributed by atoms with van der Waals surface area (Å²) in [6, 6.07) is 4.92. The van der Waals surface area contributed by atoms with Crippen LogP contribution in [-0.2, 0) is 10.0 Å². The van der Waals surface area contributed by atoms with Crippen molar-refractivity contribution < 1.29 is 17.9 Å². The highest BCUT2D eigenvalue weighted by Crippen LogP contribution is 2.33. The van der Waals surface area contributed by atoms with Gasteiger partial charge in [-0.2, -0.15) is 4.31 Å². The molecule has 0 fully saturated rings. The van der Waals surface area contributed by atoms with Crippen molar-refractivity contribution in [2.24, 2.45) is 5.92 Å². The largest absolute Gasteiger partial charge is 0.490 e. The Bertz CT molecular complexity index is 672. The molecule has 0 atom stereocenters. The lowest BCUT2D eigenvalue weighted by Crippen LogP contribution is -2.40. The number of sulfonamides is 1. The summed E-state index contributed by atoms with van der Waals surface area (Å²) in [4.78, 5) is 2.50. The molecule has 6 nitrogen and oxygen atoms in total. The molecule has 0 radical (unpaired) electrons. The molecule has 0 unspecified atom stereocenters. The summed E-state index contributed by atoms with van der Waals surface area (Å²) in [5.41, 5.74) is 0. The summed E-state index contributed by atoms with van der Waals surface area (Å²) in [5, 5.41) is 0. The molecule has 1 aliphatic heterocycles. The number of rotatable bonds is 9. The average molecular weight is 385 g/mol. The van der Waals surface area contributed by atoms with E-state index in [0.717, 1.165) is 26.1 Å².